The lowest BCUT2D eigenvalue weighted by atomic mass is 9.89. The van der Waals surface area contributed by atoms with Gasteiger partial charge in [-0.1, -0.05) is 20.8 Å². The Morgan fingerprint density at radius 2 is 1.88 bits per heavy atom. The van der Waals surface area contributed by atoms with E-state index in [-0.39, 0.29) is 5.92 Å². The third-order valence-corrected chi connectivity index (χ3v) is 4.12. The minimum absolute atomic E-state index is 0.173. The molecule has 1 fully saturated rings. The average Bonchev–Trinajstić information content (AvgIpc) is 2.37. The molecule has 0 bridgehead atoms. The topological polar surface area (TPSA) is 32.3 Å². The van der Waals surface area contributed by atoms with Crippen molar-refractivity contribution in [2.24, 2.45) is 5.92 Å². The Morgan fingerprint density at radius 3 is 2.35 bits per heavy atom. The van der Waals surface area contributed by atoms with Gasteiger partial charge in [-0.15, -0.1) is 0 Å². The highest BCUT2D eigenvalue weighted by atomic mass is 16.2. The van der Waals surface area contributed by atoms with Gasteiger partial charge in [0.05, 0.1) is 0 Å². The second kappa shape index (κ2) is 7.00. The summed E-state index contributed by atoms with van der Waals surface area (Å²) in [4.78, 5) is 14.1. The molecule has 1 N–H and O–H groups in total. The Labute approximate surface area is 106 Å². The number of carbonyl (C=O) groups is 1. The van der Waals surface area contributed by atoms with Gasteiger partial charge in [0.1, 0.15) is 0 Å². The molecule has 0 aromatic carbocycles. The number of hydrogen-bond acceptors (Lipinski definition) is 2. The van der Waals surface area contributed by atoms with Gasteiger partial charge in [-0.25, -0.2) is 0 Å². The fourth-order valence-electron chi connectivity index (χ4n) is 2.66. The Kier molecular flexibility index (Phi) is 5.96. The molecule has 1 saturated carbocycles. The van der Waals surface area contributed by atoms with Crippen molar-refractivity contribution in [1.82, 2.24) is 10.2 Å². The lowest BCUT2D eigenvalue weighted by Crippen LogP contribution is -2.44. The molecule has 0 aromatic heterocycles. The Balaban J connectivity index is 2.40. The SMILES string of the molecule is CCNC1CCC(N(C)C(=O)C(C)CC)CC1. The summed E-state index contributed by atoms with van der Waals surface area (Å²) < 4.78 is 0. The third kappa shape index (κ3) is 3.98. The molecule has 1 unspecified atom stereocenters. The molecule has 1 atom stereocenters. The Hall–Kier alpha value is -0.570. The number of nitrogens with one attached hydrogen (secondary N) is 1. The van der Waals surface area contributed by atoms with Gasteiger partial charge in [0.15, 0.2) is 0 Å². The van der Waals surface area contributed by atoms with E-state index in [0.717, 1.165) is 25.8 Å². The first-order valence-corrected chi connectivity index (χ1v) is 7.10. The fraction of sp³-hybridized carbons (Fsp3) is 0.929. The van der Waals surface area contributed by atoms with Crippen LogP contribution in [0.15, 0.2) is 0 Å². The van der Waals surface area contributed by atoms with Gasteiger partial charge in [-0.3, -0.25) is 4.79 Å². The molecule has 0 spiro atoms. The van der Waals surface area contributed by atoms with Crippen LogP contribution in [0.25, 0.3) is 0 Å². The molecule has 0 aliphatic heterocycles. The monoisotopic (exact) mass is 240 g/mol. The van der Waals surface area contributed by atoms with Crippen LogP contribution in [0.3, 0.4) is 0 Å². The van der Waals surface area contributed by atoms with Gasteiger partial charge in [-0.2, -0.15) is 0 Å². The van der Waals surface area contributed by atoms with Crippen molar-refractivity contribution in [3.8, 4) is 0 Å². The van der Waals surface area contributed by atoms with Crippen molar-refractivity contribution in [2.75, 3.05) is 13.6 Å². The predicted molar refractivity (Wildman–Crippen MR) is 71.9 cm³/mol. The first kappa shape index (κ1) is 14.5. The van der Waals surface area contributed by atoms with Crippen LogP contribution >= 0.6 is 0 Å². The normalized spacial score (nSPS) is 26.6. The lowest BCUT2D eigenvalue weighted by Gasteiger charge is -2.36. The summed E-state index contributed by atoms with van der Waals surface area (Å²) in [5, 5.41) is 3.50. The maximum atomic E-state index is 12.1. The van der Waals surface area contributed by atoms with E-state index in [0.29, 0.717) is 18.0 Å². The summed E-state index contributed by atoms with van der Waals surface area (Å²) in [5.41, 5.74) is 0. The maximum Gasteiger partial charge on any atom is 0.225 e. The van der Waals surface area contributed by atoms with Crippen LogP contribution < -0.4 is 5.32 Å². The largest absolute Gasteiger partial charge is 0.343 e. The molecular formula is C14H28N2O. The van der Waals surface area contributed by atoms with Crippen LogP contribution in [0.1, 0.15) is 52.9 Å². The smallest absolute Gasteiger partial charge is 0.225 e. The van der Waals surface area contributed by atoms with Crippen LogP contribution in [0.4, 0.5) is 0 Å². The summed E-state index contributed by atoms with van der Waals surface area (Å²) in [6, 6.07) is 1.13. The van der Waals surface area contributed by atoms with Crippen LogP contribution in [0, 0.1) is 5.92 Å². The van der Waals surface area contributed by atoms with E-state index in [4.69, 9.17) is 0 Å². The van der Waals surface area contributed by atoms with Gasteiger partial charge >= 0.3 is 0 Å². The molecule has 3 nitrogen and oxygen atoms in total. The molecule has 1 aliphatic rings. The summed E-state index contributed by atoms with van der Waals surface area (Å²) in [6.07, 6.45) is 5.65. The third-order valence-electron chi connectivity index (χ3n) is 4.12. The molecule has 17 heavy (non-hydrogen) atoms. The van der Waals surface area contributed by atoms with Gasteiger partial charge in [-0.05, 0) is 38.6 Å². The van der Waals surface area contributed by atoms with E-state index in [1.54, 1.807) is 0 Å². The molecular weight excluding hydrogens is 212 g/mol. The number of nitrogens with zero attached hydrogens (tertiary/aromatic N) is 1. The highest BCUT2D eigenvalue weighted by molar-refractivity contribution is 5.78. The van der Waals surface area contributed by atoms with Crippen LogP contribution in [-0.4, -0.2) is 36.5 Å². The van der Waals surface area contributed by atoms with Crippen molar-refractivity contribution in [3.05, 3.63) is 0 Å². The first-order chi connectivity index (χ1) is 8.10. The molecule has 0 radical (unpaired) electrons. The molecule has 100 valence electrons. The molecule has 0 aromatic rings. The van der Waals surface area contributed by atoms with Gasteiger partial charge < -0.3 is 10.2 Å². The highest BCUT2D eigenvalue weighted by Crippen LogP contribution is 2.23. The zero-order valence-corrected chi connectivity index (χ0v) is 11.8. The number of hydrogen-bond donors (Lipinski definition) is 1. The number of amides is 1. The minimum Gasteiger partial charge on any atom is -0.343 e. The molecule has 0 saturated heterocycles. The van der Waals surface area contributed by atoms with E-state index < -0.39 is 0 Å². The van der Waals surface area contributed by atoms with Gasteiger partial charge in [0, 0.05) is 25.0 Å². The standard InChI is InChI=1S/C14H28N2O/c1-5-11(3)14(17)16(4)13-9-7-12(8-10-13)15-6-2/h11-13,15H,5-10H2,1-4H3. The average molecular weight is 240 g/mol. The summed E-state index contributed by atoms with van der Waals surface area (Å²) in [6.45, 7) is 7.32. The second-order valence-corrected chi connectivity index (χ2v) is 5.32. The zero-order valence-electron chi connectivity index (χ0n) is 11.8. The van der Waals surface area contributed by atoms with Crippen molar-refractivity contribution in [2.45, 2.75) is 65.0 Å². The van der Waals surface area contributed by atoms with Crippen molar-refractivity contribution in [1.29, 1.82) is 0 Å². The summed E-state index contributed by atoms with van der Waals surface area (Å²) in [7, 11) is 1.98. The van der Waals surface area contributed by atoms with Crippen LogP contribution in [0.5, 0.6) is 0 Å². The molecule has 1 amide bonds. The second-order valence-electron chi connectivity index (χ2n) is 5.32. The van der Waals surface area contributed by atoms with E-state index in [9.17, 15) is 4.79 Å². The predicted octanol–water partition coefficient (Wildman–Crippen LogP) is 2.41. The van der Waals surface area contributed by atoms with Gasteiger partial charge in [0.25, 0.3) is 0 Å². The summed E-state index contributed by atoms with van der Waals surface area (Å²) in [5.74, 6) is 0.492. The molecule has 0 heterocycles. The summed E-state index contributed by atoms with van der Waals surface area (Å²) >= 11 is 0. The van der Waals surface area contributed by atoms with Crippen molar-refractivity contribution >= 4 is 5.91 Å². The van der Waals surface area contributed by atoms with Crippen molar-refractivity contribution < 1.29 is 4.79 Å². The Morgan fingerprint density at radius 1 is 1.29 bits per heavy atom. The lowest BCUT2D eigenvalue weighted by molar-refractivity contribution is -0.136. The van der Waals surface area contributed by atoms with E-state index in [2.05, 4.69) is 19.2 Å². The number of rotatable bonds is 5. The van der Waals surface area contributed by atoms with E-state index in [1.165, 1.54) is 12.8 Å². The van der Waals surface area contributed by atoms with E-state index in [1.807, 2.05) is 18.9 Å². The van der Waals surface area contributed by atoms with Crippen LogP contribution in [-0.2, 0) is 4.79 Å². The highest BCUT2D eigenvalue weighted by Gasteiger charge is 2.27. The maximum absolute atomic E-state index is 12.1. The molecule has 1 aliphatic carbocycles. The van der Waals surface area contributed by atoms with Crippen molar-refractivity contribution in [3.63, 3.8) is 0 Å². The van der Waals surface area contributed by atoms with Crippen LogP contribution in [0.2, 0.25) is 0 Å². The Bertz CT molecular complexity index is 234. The van der Waals surface area contributed by atoms with E-state index >= 15 is 0 Å². The number of carbonyl (C=O) groups excluding carboxylic acids is 1. The molecule has 3 heteroatoms. The molecule has 1 rings (SSSR count). The minimum atomic E-state index is 0.173. The van der Waals surface area contributed by atoms with Gasteiger partial charge in [0.2, 0.25) is 5.91 Å². The first-order valence-electron chi connectivity index (χ1n) is 7.10. The quantitative estimate of drug-likeness (QED) is 0.800. The zero-order chi connectivity index (χ0) is 12.8. The fourth-order valence-corrected chi connectivity index (χ4v) is 2.66.